The quantitative estimate of drug-likeness (QED) is 0.591. The normalized spacial score (nSPS) is 29.0. The van der Waals surface area contributed by atoms with E-state index in [0.717, 1.165) is 37.0 Å². The largest absolute Gasteiger partial charge is 0.467 e. The molecule has 1 aromatic carbocycles. The van der Waals surface area contributed by atoms with E-state index in [1.165, 1.54) is 11.8 Å². The Morgan fingerprint density at radius 2 is 1.97 bits per heavy atom. The molecule has 2 aliphatic rings. The van der Waals surface area contributed by atoms with Crippen molar-refractivity contribution in [2.75, 3.05) is 12.3 Å². The lowest BCUT2D eigenvalue weighted by molar-refractivity contribution is 0.268. The molecule has 0 bridgehead atoms. The summed E-state index contributed by atoms with van der Waals surface area (Å²) in [5.74, 6) is 1.27. The first-order chi connectivity index (χ1) is 14.7. The van der Waals surface area contributed by atoms with E-state index in [-0.39, 0.29) is 6.10 Å². The second-order valence-corrected chi connectivity index (χ2v) is 11.3. The molecule has 0 aromatic heterocycles. The molecule has 2 atom stereocenters. The second-order valence-electron chi connectivity index (χ2n) is 8.59. The van der Waals surface area contributed by atoms with Crippen LogP contribution in [-0.2, 0) is 9.30 Å². The van der Waals surface area contributed by atoms with E-state index in [1.54, 1.807) is 13.8 Å². The maximum atomic E-state index is 12.0. The zero-order chi connectivity index (χ0) is 22.6. The maximum absolute atomic E-state index is 12.0. The number of hydrogen-bond acceptors (Lipinski definition) is 5. The van der Waals surface area contributed by atoms with Gasteiger partial charge in [0.1, 0.15) is 11.8 Å². The van der Waals surface area contributed by atoms with Gasteiger partial charge in [-0.1, -0.05) is 37.8 Å². The molecule has 0 saturated heterocycles. The lowest BCUT2D eigenvalue weighted by Crippen LogP contribution is -2.32. The molecular formula is C24H34N3O3P. The average Bonchev–Trinajstić information content (AvgIpc) is 2.74. The third-order valence-electron chi connectivity index (χ3n) is 6.25. The van der Waals surface area contributed by atoms with Crippen LogP contribution in [-0.4, -0.2) is 34.9 Å². The SMILES string of the molecule is C=CN=C1O[C@H](C)C(c2ccc(C3CCC(CP(=O)(O)CC)CC3)cc2)=N/C1=C(/C)N. The van der Waals surface area contributed by atoms with Gasteiger partial charge in [0.15, 0.2) is 0 Å². The minimum Gasteiger partial charge on any atom is -0.467 e. The van der Waals surface area contributed by atoms with Crippen molar-refractivity contribution in [3.05, 3.63) is 59.6 Å². The van der Waals surface area contributed by atoms with E-state index in [1.807, 2.05) is 6.92 Å². The molecule has 3 rings (SSSR count). The maximum Gasteiger partial charge on any atom is 0.242 e. The highest BCUT2D eigenvalue weighted by molar-refractivity contribution is 7.57. The van der Waals surface area contributed by atoms with Crippen LogP contribution in [0.3, 0.4) is 0 Å². The summed E-state index contributed by atoms with van der Waals surface area (Å²) in [6, 6.07) is 8.53. The van der Waals surface area contributed by atoms with Crippen molar-refractivity contribution in [2.24, 2.45) is 21.6 Å². The number of benzene rings is 1. The Morgan fingerprint density at radius 1 is 1.32 bits per heavy atom. The molecule has 0 radical (unpaired) electrons. The molecular weight excluding hydrogens is 409 g/mol. The van der Waals surface area contributed by atoms with Gasteiger partial charge < -0.3 is 15.4 Å². The Bertz CT molecular complexity index is 937. The summed E-state index contributed by atoms with van der Waals surface area (Å²) >= 11 is 0. The zero-order valence-electron chi connectivity index (χ0n) is 18.8. The summed E-state index contributed by atoms with van der Waals surface area (Å²) < 4.78 is 18.0. The molecule has 1 unspecified atom stereocenters. The summed E-state index contributed by atoms with van der Waals surface area (Å²) in [7, 11) is -2.93. The Balaban J connectivity index is 1.72. The predicted octanol–water partition coefficient (Wildman–Crippen LogP) is 5.19. The van der Waals surface area contributed by atoms with Crippen molar-refractivity contribution in [1.82, 2.24) is 0 Å². The van der Waals surface area contributed by atoms with E-state index < -0.39 is 7.37 Å². The standard InChI is InChI=1S/C24H34N3O3P/c1-5-26-24-22(16(3)25)27-23(17(4)30-24)21-13-11-20(12-14-21)19-9-7-18(8-10-19)15-31(28,29)6-2/h5,11-14,17-19H,1,6-10,15,25H2,2-4H3,(H,28,29)/b22-16-,26-24?/t17-,18?,19?/m1/s1. The Labute approximate surface area is 185 Å². The van der Waals surface area contributed by atoms with Gasteiger partial charge in [0.2, 0.25) is 13.3 Å². The highest BCUT2D eigenvalue weighted by Crippen LogP contribution is 2.46. The Kier molecular flexibility index (Phi) is 7.55. The Hall–Kier alpha value is -2.17. The van der Waals surface area contributed by atoms with Gasteiger partial charge in [0, 0.05) is 24.2 Å². The molecule has 6 nitrogen and oxygen atoms in total. The molecule has 0 amide bonds. The molecule has 1 fully saturated rings. The van der Waals surface area contributed by atoms with E-state index in [4.69, 9.17) is 15.5 Å². The van der Waals surface area contributed by atoms with Crippen molar-refractivity contribution in [3.63, 3.8) is 0 Å². The van der Waals surface area contributed by atoms with Crippen LogP contribution >= 0.6 is 7.37 Å². The van der Waals surface area contributed by atoms with E-state index >= 15 is 0 Å². The summed E-state index contributed by atoms with van der Waals surface area (Å²) in [6.07, 6.45) is 6.20. The fraction of sp³-hybridized carbons (Fsp3) is 0.500. The van der Waals surface area contributed by atoms with Gasteiger partial charge in [0.25, 0.3) is 0 Å². The molecule has 7 heteroatoms. The van der Waals surface area contributed by atoms with Gasteiger partial charge in [-0.3, -0.25) is 4.57 Å². The third-order valence-corrected chi connectivity index (χ3v) is 8.33. The van der Waals surface area contributed by atoms with Gasteiger partial charge in [-0.2, -0.15) is 0 Å². The van der Waals surface area contributed by atoms with Crippen molar-refractivity contribution < 1.29 is 14.2 Å². The van der Waals surface area contributed by atoms with Crippen LogP contribution in [0.5, 0.6) is 0 Å². The summed E-state index contributed by atoms with van der Waals surface area (Å²) in [6.45, 7) is 9.16. The van der Waals surface area contributed by atoms with Crippen LogP contribution in [0.25, 0.3) is 0 Å². The lowest BCUT2D eigenvalue weighted by atomic mass is 9.79. The minimum atomic E-state index is -2.93. The number of nitrogens with two attached hydrogens (primary N) is 1. The van der Waals surface area contributed by atoms with Crippen LogP contribution in [0, 0.1) is 5.92 Å². The van der Waals surface area contributed by atoms with Crippen LogP contribution < -0.4 is 5.73 Å². The lowest BCUT2D eigenvalue weighted by Gasteiger charge is -2.30. The number of aliphatic imine (C=N–C) groups is 2. The highest BCUT2D eigenvalue weighted by atomic mass is 31.2. The zero-order valence-corrected chi connectivity index (χ0v) is 19.6. The van der Waals surface area contributed by atoms with Crippen LogP contribution in [0.1, 0.15) is 63.5 Å². The van der Waals surface area contributed by atoms with E-state index in [2.05, 4.69) is 35.8 Å². The number of nitrogens with zero attached hydrogens (tertiary/aromatic N) is 2. The first-order valence-corrected chi connectivity index (χ1v) is 13.1. The van der Waals surface area contributed by atoms with Crippen molar-refractivity contribution in [3.8, 4) is 0 Å². The van der Waals surface area contributed by atoms with E-state index in [0.29, 0.717) is 41.5 Å². The number of ether oxygens (including phenoxy) is 1. The van der Waals surface area contributed by atoms with Crippen molar-refractivity contribution in [1.29, 1.82) is 0 Å². The van der Waals surface area contributed by atoms with Gasteiger partial charge in [0.05, 0.1) is 5.71 Å². The van der Waals surface area contributed by atoms with Crippen LogP contribution in [0.4, 0.5) is 0 Å². The summed E-state index contributed by atoms with van der Waals surface area (Å²) in [5, 5.41) is 0. The topological polar surface area (TPSA) is 97.3 Å². The smallest absolute Gasteiger partial charge is 0.242 e. The molecule has 1 aliphatic carbocycles. The van der Waals surface area contributed by atoms with Gasteiger partial charge in [-0.05, 0) is 62.5 Å². The first-order valence-electron chi connectivity index (χ1n) is 11.1. The molecule has 1 aromatic rings. The summed E-state index contributed by atoms with van der Waals surface area (Å²) in [5.41, 5.74) is 10.2. The second kappa shape index (κ2) is 9.97. The van der Waals surface area contributed by atoms with Crippen LogP contribution in [0.15, 0.2) is 58.4 Å². The minimum absolute atomic E-state index is 0.240. The monoisotopic (exact) mass is 443 g/mol. The predicted molar refractivity (Wildman–Crippen MR) is 128 cm³/mol. The molecule has 31 heavy (non-hydrogen) atoms. The fourth-order valence-electron chi connectivity index (χ4n) is 4.41. The van der Waals surface area contributed by atoms with Gasteiger partial charge in [-0.15, -0.1) is 0 Å². The molecule has 3 N–H and O–H groups in total. The van der Waals surface area contributed by atoms with E-state index in [9.17, 15) is 9.46 Å². The molecule has 0 spiro atoms. The number of allylic oxidation sites excluding steroid dienone is 1. The molecule has 1 heterocycles. The highest BCUT2D eigenvalue weighted by Gasteiger charge is 2.29. The van der Waals surface area contributed by atoms with Gasteiger partial charge in [-0.25, -0.2) is 9.98 Å². The first kappa shape index (κ1) is 23.5. The summed E-state index contributed by atoms with van der Waals surface area (Å²) in [4.78, 5) is 18.8. The average molecular weight is 444 g/mol. The van der Waals surface area contributed by atoms with Crippen molar-refractivity contribution in [2.45, 2.75) is 58.5 Å². The Morgan fingerprint density at radius 3 is 2.52 bits per heavy atom. The molecule has 168 valence electrons. The molecule has 1 saturated carbocycles. The molecule has 1 aliphatic heterocycles. The number of rotatable bonds is 6. The number of hydrogen-bond donors (Lipinski definition) is 2. The van der Waals surface area contributed by atoms with Gasteiger partial charge >= 0.3 is 0 Å². The van der Waals surface area contributed by atoms with Crippen molar-refractivity contribution >= 4 is 19.0 Å². The van der Waals surface area contributed by atoms with Crippen LogP contribution in [0.2, 0.25) is 0 Å². The third kappa shape index (κ3) is 5.75. The fourth-order valence-corrected chi connectivity index (χ4v) is 5.84.